The number of anilines is 3. The number of alkyl halides is 3. The summed E-state index contributed by atoms with van der Waals surface area (Å²) in [5, 5.41) is 11.0. The number of amides is 4. The molecule has 0 radical (unpaired) electrons. The summed E-state index contributed by atoms with van der Waals surface area (Å²) < 4.78 is 46.0. The predicted molar refractivity (Wildman–Crippen MR) is 207 cm³/mol. The normalized spacial score (nSPS) is 27.0. The van der Waals surface area contributed by atoms with Gasteiger partial charge in [0.25, 0.3) is 11.8 Å². The molecule has 9 rings (SSSR count). The number of fused-ring (bicyclic) bond motifs is 4. The van der Waals surface area contributed by atoms with Crippen molar-refractivity contribution in [1.82, 2.24) is 9.99 Å². The van der Waals surface area contributed by atoms with Crippen molar-refractivity contribution >= 4 is 64.0 Å². The molecule has 1 saturated carbocycles. The molecule has 4 amide bonds. The van der Waals surface area contributed by atoms with E-state index in [2.05, 4.69) is 15.3 Å². The summed E-state index contributed by atoms with van der Waals surface area (Å²) in [6, 6.07) is 20.6. The number of hydrogen-bond donors (Lipinski definition) is 2. The number of ether oxygens (including phenoxy) is 1. The van der Waals surface area contributed by atoms with Gasteiger partial charge in [-0.05, 0) is 84.5 Å². The average molecular weight is 833 g/mol. The van der Waals surface area contributed by atoms with Gasteiger partial charge >= 0.3 is 6.18 Å². The monoisotopic (exact) mass is 831 g/mol. The van der Waals surface area contributed by atoms with Gasteiger partial charge in [-0.25, -0.2) is 4.98 Å². The van der Waals surface area contributed by atoms with Gasteiger partial charge < -0.3 is 14.7 Å². The second-order valence-corrected chi connectivity index (χ2v) is 16.0. The topological polar surface area (TPSA) is 132 Å². The van der Waals surface area contributed by atoms with Gasteiger partial charge in [-0.2, -0.15) is 18.2 Å². The van der Waals surface area contributed by atoms with Crippen LogP contribution in [-0.2, 0) is 35.5 Å². The van der Waals surface area contributed by atoms with Crippen LogP contribution in [0.25, 0.3) is 0 Å². The Hall–Kier alpha value is -5.44. The SMILES string of the molecule is O=C1[C@@H]2C[C@@H]3C(=CC[C@@H]4C(=O)N(c5ccc(N6CCOCC6)cc5)C(=O)[C@@H]43)[C@H](c3ccc(O)cc3)[C@]2(c2ccc(Cl)cc2)C(=O)N1Nc1ncc(C(F)(F)F)cc1Cl. The highest BCUT2D eigenvalue weighted by Crippen LogP contribution is 2.64. The molecular weight excluding hydrogens is 798 g/mol. The molecule has 4 heterocycles. The second-order valence-electron chi connectivity index (χ2n) is 15.1. The molecule has 3 aromatic carbocycles. The summed E-state index contributed by atoms with van der Waals surface area (Å²) in [5.41, 5.74) is 2.82. The number of hydrazine groups is 1. The molecule has 1 aromatic heterocycles. The zero-order valence-corrected chi connectivity index (χ0v) is 32.0. The molecule has 0 bridgehead atoms. The molecule has 298 valence electrons. The fourth-order valence-corrected chi connectivity index (χ4v) is 10.0. The average Bonchev–Trinajstić information content (AvgIpc) is 3.59. The number of halogens is 5. The van der Waals surface area contributed by atoms with E-state index in [0.717, 1.165) is 10.7 Å². The minimum absolute atomic E-state index is 0.0238. The maximum atomic E-state index is 15.3. The number of aromatic hydroxyl groups is 1. The molecule has 3 aliphatic heterocycles. The summed E-state index contributed by atoms with van der Waals surface area (Å²) >= 11 is 12.6. The van der Waals surface area contributed by atoms with E-state index in [0.29, 0.717) is 66.0 Å². The van der Waals surface area contributed by atoms with Crippen LogP contribution in [0.15, 0.2) is 96.7 Å². The first-order chi connectivity index (χ1) is 27.8. The van der Waals surface area contributed by atoms with Crippen LogP contribution < -0.4 is 15.2 Å². The maximum absolute atomic E-state index is 15.3. The number of rotatable bonds is 6. The van der Waals surface area contributed by atoms with Crippen molar-refractivity contribution in [3.63, 3.8) is 0 Å². The summed E-state index contributed by atoms with van der Waals surface area (Å²) in [4.78, 5) is 66.3. The third-order valence-electron chi connectivity index (χ3n) is 12.3. The molecule has 0 spiro atoms. The summed E-state index contributed by atoms with van der Waals surface area (Å²) in [5.74, 6) is -7.00. The third kappa shape index (κ3) is 5.94. The van der Waals surface area contributed by atoms with Gasteiger partial charge in [0.15, 0.2) is 5.82 Å². The molecule has 3 saturated heterocycles. The largest absolute Gasteiger partial charge is 0.508 e. The van der Waals surface area contributed by atoms with Crippen molar-refractivity contribution in [3.8, 4) is 5.75 Å². The Morgan fingerprint density at radius 1 is 0.845 bits per heavy atom. The van der Waals surface area contributed by atoms with Crippen molar-refractivity contribution in [3.05, 3.63) is 123 Å². The van der Waals surface area contributed by atoms with E-state index in [1.807, 2.05) is 18.2 Å². The highest BCUT2D eigenvalue weighted by molar-refractivity contribution is 6.33. The van der Waals surface area contributed by atoms with E-state index in [1.54, 1.807) is 48.5 Å². The van der Waals surface area contributed by atoms with Gasteiger partial charge in [-0.15, -0.1) is 0 Å². The molecule has 2 aliphatic carbocycles. The predicted octanol–water partition coefficient (Wildman–Crippen LogP) is 7.14. The number of carbonyl (C=O) groups excluding carboxylic acids is 4. The first-order valence-electron chi connectivity index (χ1n) is 18.7. The number of phenolic OH excluding ortho intramolecular Hbond substituents is 1. The lowest BCUT2D eigenvalue weighted by atomic mass is 9.49. The van der Waals surface area contributed by atoms with Crippen molar-refractivity contribution in [2.45, 2.75) is 30.4 Å². The van der Waals surface area contributed by atoms with E-state index in [4.69, 9.17) is 27.9 Å². The number of hydrogen-bond acceptors (Lipinski definition) is 9. The number of allylic oxidation sites excluding steroid dienone is 2. The Kier molecular flexibility index (Phi) is 9.29. The Morgan fingerprint density at radius 3 is 2.17 bits per heavy atom. The number of nitrogens with one attached hydrogen (secondary N) is 1. The molecule has 4 fully saturated rings. The van der Waals surface area contributed by atoms with Crippen molar-refractivity contribution < 1.29 is 42.2 Å². The van der Waals surface area contributed by atoms with Gasteiger partial charge in [0, 0.05) is 35.9 Å². The van der Waals surface area contributed by atoms with Gasteiger partial charge in [0.05, 0.1) is 52.7 Å². The van der Waals surface area contributed by atoms with Gasteiger partial charge in [0.1, 0.15) is 5.75 Å². The maximum Gasteiger partial charge on any atom is 0.417 e. The molecule has 0 unspecified atom stereocenters. The van der Waals surface area contributed by atoms with E-state index in [-0.39, 0.29) is 30.3 Å². The van der Waals surface area contributed by atoms with E-state index < -0.39 is 69.5 Å². The number of pyridine rings is 1. The smallest absolute Gasteiger partial charge is 0.417 e. The quantitative estimate of drug-likeness (QED) is 0.154. The zero-order chi connectivity index (χ0) is 40.7. The highest BCUT2D eigenvalue weighted by Gasteiger charge is 2.70. The standard InChI is InChI=1S/C42H34Cl2F3N5O6/c43-25-5-3-23(4-6-25)41-32(38(55)52(40(41)57)49-36-33(44)19-24(21-48-36)42(45,46)47)20-31-29(35(41)22-1-11-28(53)12-2-22)13-14-30-34(31)39(56)51(37(30)54)27-9-7-26(8-10-27)50-15-17-58-18-16-50/h1-13,19,21,30-32,34-35,53H,14-18,20H2,(H,48,49)/t30-,31+,32-,34-,35-,41+/m0/s1. The third-order valence-corrected chi connectivity index (χ3v) is 12.8. The van der Waals surface area contributed by atoms with Crippen LogP contribution >= 0.6 is 23.2 Å². The minimum Gasteiger partial charge on any atom is -0.508 e. The Morgan fingerprint density at radius 2 is 1.52 bits per heavy atom. The number of carbonyl (C=O) groups is 4. The van der Waals surface area contributed by atoms with Crippen LogP contribution in [0.1, 0.15) is 35.4 Å². The number of benzene rings is 3. The molecule has 58 heavy (non-hydrogen) atoms. The van der Waals surface area contributed by atoms with Crippen molar-refractivity contribution in [2.75, 3.05) is 41.5 Å². The number of morpholine rings is 1. The van der Waals surface area contributed by atoms with Crippen molar-refractivity contribution in [2.24, 2.45) is 23.7 Å². The summed E-state index contributed by atoms with van der Waals surface area (Å²) in [7, 11) is 0. The lowest BCUT2D eigenvalue weighted by Gasteiger charge is -2.50. The minimum atomic E-state index is -4.75. The summed E-state index contributed by atoms with van der Waals surface area (Å²) in [6.07, 6.45) is -2.14. The molecule has 6 atom stereocenters. The van der Waals surface area contributed by atoms with E-state index >= 15 is 4.79 Å². The van der Waals surface area contributed by atoms with Crippen molar-refractivity contribution in [1.29, 1.82) is 0 Å². The van der Waals surface area contributed by atoms with Gasteiger partial charge in [-0.3, -0.25) is 29.5 Å². The van der Waals surface area contributed by atoms with Crippen LogP contribution in [0, 0.1) is 23.7 Å². The molecule has 5 aliphatic rings. The molecule has 16 heteroatoms. The van der Waals surface area contributed by atoms with Crippen LogP contribution in [0.5, 0.6) is 5.75 Å². The van der Waals surface area contributed by atoms with Crippen LogP contribution in [0.2, 0.25) is 10.0 Å². The fraction of sp³-hybridized carbons (Fsp3) is 0.310. The second kappa shape index (κ2) is 14.1. The number of imide groups is 2. The summed E-state index contributed by atoms with van der Waals surface area (Å²) in [6.45, 7) is 2.62. The van der Waals surface area contributed by atoms with E-state index in [1.165, 1.54) is 17.0 Å². The highest BCUT2D eigenvalue weighted by atomic mass is 35.5. The Balaban J connectivity index is 1.15. The zero-order valence-electron chi connectivity index (χ0n) is 30.5. The van der Waals surface area contributed by atoms with Gasteiger partial charge in [0.2, 0.25) is 11.8 Å². The van der Waals surface area contributed by atoms with Gasteiger partial charge in [-0.1, -0.05) is 59.1 Å². The number of aromatic nitrogens is 1. The first kappa shape index (κ1) is 38.1. The Labute approximate surface area is 339 Å². The molecular formula is C42H34Cl2F3N5O6. The fourth-order valence-electron chi connectivity index (χ4n) is 9.71. The van der Waals surface area contributed by atoms with Crippen LogP contribution in [-0.4, -0.2) is 65.0 Å². The molecule has 4 aromatic rings. The van der Waals surface area contributed by atoms with Crippen LogP contribution in [0.4, 0.5) is 30.4 Å². The number of phenols is 1. The molecule has 11 nitrogen and oxygen atoms in total. The van der Waals surface area contributed by atoms with Crippen LogP contribution in [0.3, 0.4) is 0 Å². The molecule has 2 N–H and O–H groups in total. The lowest BCUT2D eigenvalue weighted by molar-refractivity contribution is -0.139. The van der Waals surface area contributed by atoms with E-state index in [9.17, 15) is 32.7 Å². The Bertz CT molecular complexity index is 2370. The lowest BCUT2D eigenvalue weighted by Crippen LogP contribution is -2.53. The number of nitrogens with zero attached hydrogens (tertiary/aromatic N) is 4. The first-order valence-corrected chi connectivity index (χ1v) is 19.5.